The number of rotatable bonds is 3. The number of hydrogen-bond acceptors (Lipinski definition) is 5. The van der Waals surface area contributed by atoms with E-state index in [9.17, 15) is 9.59 Å². The molecule has 1 aliphatic rings. The van der Waals surface area contributed by atoms with E-state index in [4.69, 9.17) is 9.47 Å². The maximum absolute atomic E-state index is 11.7. The Morgan fingerprint density at radius 1 is 1.29 bits per heavy atom. The summed E-state index contributed by atoms with van der Waals surface area (Å²) in [6, 6.07) is 0. The lowest BCUT2D eigenvalue weighted by Gasteiger charge is -2.28. The highest BCUT2D eigenvalue weighted by Gasteiger charge is 2.54. The van der Waals surface area contributed by atoms with Crippen molar-refractivity contribution < 1.29 is 23.8 Å². The highest BCUT2D eigenvalue weighted by Crippen LogP contribution is 2.44. The third-order valence-corrected chi connectivity index (χ3v) is 3.47. The molecule has 17 heavy (non-hydrogen) atoms. The topological polar surface area (TPSA) is 61.8 Å². The van der Waals surface area contributed by atoms with E-state index in [0.29, 0.717) is 6.42 Å². The SMILES string of the molecule is COC(=O)C[C@]1(C)CC(C)[C@](C)(C(=O)OC)O1. The third kappa shape index (κ3) is 2.60. The first kappa shape index (κ1) is 14.0. The lowest BCUT2D eigenvalue weighted by atomic mass is 9.86. The van der Waals surface area contributed by atoms with Gasteiger partial charge in [0.2, 0.25) is 0 Å². The smallest absolute Gasteiger partial charge is 0.338 e. The fraction of sp³-hybridized carbons (Fsp3) is 0.833. The summed E-state index contributed by atoms with van der Waals surface area (Å²) >= 11 is 0. The minimum Gasteiger partial charge on any atom is -0.469 e. The number of hydrogen-bond donors (Lipinski definition) is 0. The molecule has 0 amide bonds. The van der Waals surface area contributed by atoms with E-state index in [1.165, 1.54) is 14.2 Å². The summed E-state index contributed by atoms with van der Waals surface area (Å²) in [5.74, 6) is -0.753. The van der Waals surface area contributed by atoms with Gasteiger partial charge in [0.15, 0.2) is 5.60 Å². The predicted molar refractivity (Wildman–Crippen MR) is 60.3 cm³/mol. The molecule has 1 heterocycles. The van der Waals surface area contributed by atoms with Crippen molar-refractivity contribution in [2.75, 3.05) is 14.2 Å². The molecule has 1 unspecified atom stereocenters. The molecule has 0 radical (unpaired) electrons. The zero-order valence-corrected chi connectivity index (χ0v) is 11.0. The molecule has 0 aliphatic carbocycles. The first-order valence-corrected chi connectivity index (χ1v) is 5.63. The van der Waals surface area contributed by atoms with Gasteiger partial charge >= 0.3 is 11.9 Å². The largest absolute Gasteiger partial charge is 0.469 e. The van der Waals surface area contributed by atoms with Crippen molar-refractivity contribution in [1.29, 1.82) is 0 Å². The van der Waals surface area contributed by atoms with E-state index in [1.807, 2.05) is 13.8 Å². The predicted octanol–water partition coefficient (Wildman–Crippen LogP) is 1.30. The number of ether oxygens (including phenoxy) is 3. The van der Waals surface area contributed by atoms with Gasteiger partial charge < -0.3 is 14.2 Å². The first-order chi connectivity index (χ1) is 7.77. The van der Waals surface area contributed by atoms with E-state index in [0.717, 1.165) is 0 Å². The average molecular weight is 244 g/mol. The molecule has 0 aromatic heterocycles. The van der Waals surface area contributed by atoms with Gasteiger partial charge in [-0.25, -0.2) is 4.79 Å². The fourth-order valence-electron chi connectivity index (χ4n) is 2.43. The highest BCUT2D eigenvalue weighted by molar-refractivity contribution is 5.80. The van der Waals surface area contributed by atoms with Crippen molar-refractivity contribution in [3.05, 3.63) is 0 Å². The zero-order chi connectivity index (χ0) is 13.3. The Bertz CT molecular complexity index is 327. The minimum absolute atomic E-state index is 0.00962. The normalized spacial score (nSPS) is 36.6. The quantitative estimate of drug-likeness (QED) is 0.700. The second-order valence-electron chi connectivity index (χ2n) is 5.01. The lowest BCUT2D eigenvalue weighted by molar-refractivity contribution is -0.179. The van der Waals surface area contributed by atoms with Gasteiger partial charge in [-0.15, -0.1) is 0 Å². The Morgan fingerprint density at radius 2 is 1.88 bits per heavy atom. The molecular formula is C12H20O5. The van der Waals surface area contributed by atoms with Crippen molar-refractivity contribution in [3.8, 4) is 0 Å². The molecule has 0 spiro atoms. The molecule has 0 saturated carbocycles. The van der Waals surface area contributed by atoms with Crippen LogP contribution in [0.3, 0.4) is 0 Å². The molecule has 0 aromatic rings. The van der Waals surface area contributed by atoms with Crippen LogP contribution in [0.2, 0.25) is 0 Å². The van der Waals surface area contributed by atoms with Gasteiger partial charge in [-0.05, 0) is 26.2 Å². The molecule has 1 saturated heterocycles. The molecule has 5 heteroatoms. The molecule has 0 aromatic carbocycles. The lowest BCUT2D eigenvalue weighted by Crippen LogP contribution is -2.43. The standard InChI is InChI=1S/C12H20O5/c1-8-6-11(2,7-9(13)15-4)17-12(8,3)10(14)16-5/h8H,6-7H2,1-5H3/t8?,11-,12+/m0/s1. The third-order valence-electron chi connectivity index (χ3n) is 3.47. The van der Waals surface area contributed by atoms with Crippen molar-refractivity contribution in [1.82, 2.24) is 0 Å². The van der Waals surface area contributed by atoms with Crippen LogP contribution < -0.4 is 0 Å². The minimum atomic E-state index is -0.989. The van der Waals surface area contributed by atoms with Gasteiger partial charge in [-0.1, -0.05) is 6.92 Å². The Hall–Kier alpha value is -1.10. The van der Waals surface area contributed by atoms with Crippen LogP contribution in [-0.4, -0.2) is 37.4 Å². The second-order valence-corrected chi connectivity index (χ2v) is 5.01. The van der Waals surface area contributed by atoms with Crippen LogP contribution in [0, 0.1) is 5.92 Å². The number of esters is 2. The zero-order valence-electron chi connectivity index (χ0n) is 11.0. The van der Waals surface area contributed by atoms with Gasteiger partial charge in [0, 0.05) is 0 Å². The summed E-state index contributed by atoms with van der Waals surface area (Å²) in [6.45, 7) is 5.43. The molecule has 3 atom stereocenters. The molecule has 1 aliphatic heterocycles. The van der Waals surface area contributed by atoms with Crippen LogP contribution >= 0.6 is 0 Å². The molecule has 1 rings (SSSR count). The fourth-order valence-corrected chi connectivity index (χ4v) is 2.43. The highest BCUT2D eigenvalue weighted by atomic mass is 16.6. The van der Waals surface area contributed by atoms with Crippen molar-refractivity contribution in [2.24, 2.45) is 5.92 Å². The Morgan fingerprint density at radius 3 is 2.35 bits per heavy atom. The monoisotopic (exact) mass is 244 g/mol. The van der Waals surface area contributed by atoms with Gasteiger partial charge in [0.1, 0.15) is 0 Å². The van der Waals surface area contributed by atoms with Crippen LogP contribution in [-0.2, 0) is 23.8 Å². The number of carbonyl (C=O) groups excluding carboxylic acids is 2. The van der Waals surface area contributed by atoms with E-state index < -0.39 is 17.2 Å². The van der Waals surface area contributed by atoms with Gasteiger partial charge in [0.05, 0.1) is 26.2 Å². The average Bonchev–Trinajstić information content (AvgIpc) is 2.48. The van der Waals surface area contributed by atoms with E-state index >= 15 is 0 Å². The van der Waals surface area contributed by atoms with Crippen LogP contribution in [0.1, 0.15) is 33.6 Å². The first-order valence-electron chi connectivity index (χ1n) is 5.63. The summed E-state index contributed by atoms with van der Waals surface area (Å²) in [7, 11) is 2.67. The molecule has 0 N–H and O–H groups in total. The number of methoxy groups -OCH3 is 2. The molecular weight excluding hydrogens is 224 g/mol. The summed E-state index contributed by atoms with van der Waals surface area (Å²) in [4.78, 5) is 23.0. The molecule has 98 valence electrons. The van der Waals surface area contributed by atoms with Crippen LogP contribution in [0.4, 0.5) is 0 Å². The molecule has 1 fully saturated rings. The Labute approximate surface area is 101 Å². The van der Waals surface area contributed by atoms with E-state index in [1.54, 1.807) is 6.92 Å². The Kier molecular flexibility index (Phi) is 3.81. The maximum atomic E-state index is 11.7. The summed E-state index contributed by atoms with van der Waals surface area (Å²) in [5.41, 5.74) is -1.66. The van der Waals surface area contributed by atoms with Gasteiger partial charge in [-0.2, -0.15) is 0 Å². The van der Waals surface area contributed by atoms with Crippen LogP contribution in [0.25, 0.3) is 0 Å². The summed E-state index contributed by atoms with van der Waals surface area (Å²) in [6.07, 6.45) is 0.758. The summed E-state index contributed by atoms with van der Waals surface area (Å²) in [5, 5.41) is 0. The Balaban J connectivity index is 2.84. The molecule has 5 nitrogen and oxygen atoms in total. The van der Waals surface area contributed by atoms with Crippen molar-refractivity contribution in [3.63, 3.8) is 0 Å². The van der Waals surface area contributed by atoms with Gasteiger partial charge in [-0.3, -0.25) is 4.79 Å². The second kappa shape index (κ2) is 4.64. The van der Waals surface area contributed by atoms with Crippen molar-refractivity contribution in [2.45, 2.75) is 44.8 Å². The summed E-state index contributed by atoms with van der Waals surface area (Å²) < 4.78 is 15.2. The van der Waals surface area contributed by atoms with E-state index in [-0.39, 0.29) is 18.3 Å². The molecule has 0 bridgehead atoms. The maximum Gasteiger partial charge on any atom is 0.338 e. The van der Waals surface area contributed by atoms with E-state index in [2.05, 4.69) is 4.74 Å². The van der Waals surface area contributed by atoms with Crippen molar-refractivity contribution >= 4 is 11.9 Å². The van der Waals surface area contributed by atoms with Gasteiger partial charge in [0.25, 0.3) is 0 Å². The van der Waals surface area contributed by atoms with Crippen LogP contribution in [0.5, 0.6) is 0 Å². The van der Waals surface area contributed by atoms with Crippen LogP contribution in [0.15, 0.2) is 0 Å². The number of carbonyl (C=O) groups is 2.